The fraction of sp³-hybridized carbons (Fsp3) is 0.600. The molecule has 1 heterocycles. The SMILES string of the molecule is C[C@H]1CC=CN1. The zero-order valence-electron chi connectivity index (χ0n) is 3.94. The first-order valence-corrected chi connectivity index (χ1v) is 2.30. The summed E-state index contributed by atoms with van der Waals surface area (Å²) >= 11 is 0. The molecule has 0 saturated heterocycles. The van der Waals surface area contributed by atoms with Gasteiger partial charge in [-0.05, 0) is 19.5 Å². The van der Waals surface area contributed by atoms with Crippen molar-refractivity contribution in [1.82, 2.24) is 5.32 Å². The van der Waals surface area contributed by atoms with Gasteiger partial charge < -0.3 is 5.32 Å². The van der Waals surface area contributed by atoms with Crippen molar-refractivity contribution in [3.63, 3.8) is 0 Å². The van der Waals surface area contributed by atoms with Crippen LogP contribution in [0, 0.1) is 0 Å². The van der Waals surface area contributed by atoms with Crippen molar-refractivity contribution >= 4 is 0 Å². The van der Waals surface area contributed by atoms with E-state index in [0.29, 0.717) is 6.04 Å². The Labute approximate surface area is 38.1 Å². The average Bonchev–Trinajstić information content (AvgIpc) is 1.86. The van der Waals surface area contributed by atoms with Gasteiger partial charge >= 0.3 is 0 Å². The van der Waals surface area contributed by atoms with Gasteiger partial charge in [-0.25, -0.2) is 0 Å². The maximum atomic E-state index is 3.14. The summed E-state index contributed by atoms with van der Waals surface area (Å²) < 4.78 is 0. The lowest BCUT2D eigenvalue weighted by molar-refractivity contribution is 0.690. The Bertz CT molecular complexity index is 58.3. The third-order valence-corrected chi connectivity index (χ3v) is 0.988. The summed E-state index contributed by atoms with van der Waals surface area (Å²) in [6.45, 7) is 2.17. The number of nitrogens with one attached hydrogen (secondary N) is 1. The van der Waals surface area contributed by atoms with Crippen molar-refractivity contribution in [3.05, 3.63) is 12.3 Å². The minimum Gasteiger partial charge on any atom is -0.388 e. The molecule has 0 amide bonds. The molecule has 0 spiro atoms. The van der Waals surface area contributed by atoms with Gasteiger partial charge in [0.1, 0.15) is 0 Å². The van der Waals surface area contributed by atoms with Crippen molar-refractivity contribution in [3.8, 4) is 0 Å². The number of hydrogen-bond acceptors (Lipinski definition) is 1. The van der Waals surface area contributed by atoms with Crippen molar-refractivity contribution < 1.29 is 0 Å². The van der Waals surface area contributed by atoms with Crippen LogP contribution in [-0.2, 0) is 0 Å². The van der Waals surface area contributed by atoms with Crippen LogP contribution in [0.5, 0.6) is 0 Å². The molecule has 0 aliphatic carbocycles. The zero-order valence-corrected chi connectivity index (χ0v) is 3.94. The highest BCUT2D eigenvalue weighted by molar-refractivity contribution is 4.92. The third kappa shape index (κ3) is 0.534. The van der Waals surface area contributed by atoms with Gasteiger partial charge in [0.15, 0.2) is 0 Å². The van der Waals surface area contributed by atoms with Crippen LogP contribution in [0.1, 0.15) is 13.3 Å². The minimum absolute atomic E-state index is 0.685. The molecule has 1 heteroatoms. The van der Waals surface area contributed by atoms with E-state index >= 15 is 0 Å². The van der Waals surface area contributed by atoms with E-state index in [1.54, 1.807) is 0 Å². The lowest BCUT2D eigenvalue weighted by Crippen LogP contribution is -2.12. The number of hydrogen-bond donors (Lipinski definition) is 1. The third-order valence-electron chi connectivity index (χ3n) is 0.988. The maximum absolute atomic E-state index is 3.14. The molecule has 34 valence electrons. The Hall–Kier alpha value is -0.460. The predicted molar refractivity (Wildman–Crippen MR) is 26.4 cm³/mol. The summed E-state index contributed by atoms with van der Waals surface area (Å²) in [5.41, 5.74) is 0. The van der Waals surface area contributed by atoms with E-state index in [1.807, 2.05) is 6.20 Å². The molecule has 1 aliphatic rings. The Kier molecular flexibility index (Phi) is 0.825. The van der Waals surface area contributed by atoms with Crippen molar-refractivity contribution in [2.24, 2.45) is 0 Å². The van der Waals surface area contributed by atoms with Gasteiger partial charge in [-0.15, -0.1) is 0 Å². The Balaban J connectivity index is 2.32. The monoisotopic (exact) mass is 83.1 g/mol. The highest BCUT2D eigenvalue weighted by atomic mass is 14.9. The van der Waals surface area contributed by atoms with Crippen LogP contribution < -0.4 is 5.32 Å². The van der Waals surface area contributed by atoms with Crippen LogP contribution >= 0.6 is 0 Å². The van der Waals surface area contributed by atoms with E-state index in [9.17, 15) is 0 Å². The molecular weight excluding hydrogens is 74.1 g/mol. The van der Waals surface area contributed by atoms with E-state index in [2.05, 4.69) is 18.3 Å². The molecule has 0 aromatic carbocycles. The van der Waals surface area contributed by atoms with Crippen LogP contribution in [-0.4, -0.2) is 6.04 Å². The van der Waals surface area contributed by atoms with E-state index in [4.69, 9.17) is 0 Å². The van der Waals surface area contributed by atoms with Gasteiger partial charge in [-0.1, -0.05) is 6.08 Å². The van der Waals surface area contributed by atoms with E-state index in [0.717, 1.165) is 0 Å². The standard InChI is InChI=1S/C5H9N/c1-5-3-2-4-6-5/h2,4-6H,3H2,1H3/t5-/m0/s1. The lowest BCUT2D eigenvalue weighted by atomic mass is 10.3. The van der Waals surface area contributed by atoms with Crippen LogP contribution in [0.25, 0.3) is 0 Å². The molecule has 1 rings (SSSR count). The largest absolute Gasteiger partial charge is 0.388 e. The quantitative estimate of drug-likeness (QED) is 0.458. The summed E-state index contributed by atoms with van der Waals surface area (Å²) in [6.07, 6.45) is 5.34. The molecule has 0 aromatic rings. The van der Waals surface area contributed by atoms with E-state index < -0.39 is 0 Å². The number of rotatable bonds is 0. The van der Waals surface area contributed by atoms with Gasteiger partial charge in [0.2, 0.25) is 0 Å². The van der Waals surface area contributed by atoms with Crippen molar-refractivity contribution in [2.75, 3.05) is 0 Å². The van der Waals surface area contributed by atoms with Crippen molar-refractivity contribution in [2.45, 2.75) is 19.4 Å². The first-order valence-electron chi connectivity index (χ1n) is 2.30. The summed E-state index contributed by atoms with van der Waals surface area (Å²) in [5, 5.41) is 3.14. The average molecular weight is 83.1 g/mol. The van der Waals surface area contributed by atoms with Crippen molar-refractivity contribution in [1.29, 1.82) is 0 Å². The topological polar surface area (TPSA) is 12.0 Å². The smallest absolute Gasteiger partial charge is 0.0262 e. The fourth-order valence-electron chi connectivity index (χ4n) is 0.573. The molecule has 1 aliphatic heterocycles. The van der Waals surface area contributed by atoms with Gasteiger partial charge in [-0.2, -0.15) is 0 Å². The molecule has 0 saturated carbocycles. The van der Waals surface area contributed by atoms with Gasteiger partial charge in [0.25, 0.3) is 0 Å². The van der Waals surface area contributed by atoms with E-state index in [-0.39, 0.29) is 0 Å². The molecule has 0 bridgehead atoms. The lowest BCUT2D eigenvalue weighted by Gasteiger charge is -1.97. The van der Waals surface area contributed by atoms with Gasteiger partial charge in [-0.3, -0.25) is 0 Å². The van der Waals surface area contributed by atoms with Gasteiger partial charge in [0, 0.05) is 6.04 Å². The Morgan fingerprint density at radius 1 is 1.83 bits per heavy atom. The molecule has 6 heavy (non-hydrogen) atoms. The van der Waals surface area contributed by atoms with Crippen LogP contribution in [0.4, 0.5) is 0 Å². The van der Waals surface area contributed by atoms with E-state index in [1.165, 1.54) is 6.42 Å². The summed E-state index contributed by atoms with van der Waals surface area (Å²) in [4.78, 5) is 0. The summed E-state index contributed by atoms with van der Waals surface area (Å²) in [6, 6.07) is 0.685. The molecule has 0 radical (unpaired) electrons. The normalized spacial score (nSPS) is 30.5. The summed E-state index contributed by atoms with van der Waals surface area (Å²) in [5.74, 6) is 0. The molecule has 0 aromatic heterocycles. The fourth-order valence-corrected chi connectivity index (χ4v) is 0.573. The molecule has 1 N–H and O–H groups in total. The zero-order chi connectivity index (χ0) is 4.41. The van der Waals surface area contributed by atoms with Crippen LogP contribution in [0.3, 0.4) is 0 Å². The second-order valence-electron chi connectivity index (χ2n) is 1.71. The second-order valence-corrected chi connectivity index (χ2v) is 1.71. The molecule has 1 atom stereocenters. The summed E-state index contributed by atoms with van der Waals surface area (Å²) in [7, 11) is 0. The maximum Gasteiger partial charge on any atom is 0.0262 e. The highest BCUT2D eigenvalue weighted by Gasteiger charge is 1.97. The molecule has 1 nitrogen and oxygen atoms in total. The predicted octanol–water partition coefficient (Wildman–Crippen LogP) is 0.882. The first-order chi connectivity index (χ1) is 2.89. The minimum atomic E-state index is 0.685. The molecular formula is C5H9N. The Morgan fingerprint density at radius 3 is 2.83 bits per heavy atom. The molecule has 0 unspecified atom stereocenters. The Morgan fingerprint density at radius 2 is 2.67 bits per heavy atom. The van der Waals surface area contributed by atoms with Crippen LogP contribution in [0.2, 0.25) is 0 Å². The first kappa shape index (κ1) is 3.72. The second kappa shape index (κ2) is 1.33. The highest BCUT2D eigenvalue weighted by Crippen LogP contribution is 1.96. The van der Waals surface area contributed by atoms with Crippen LogP contribution in [0.15, 0.2) is 12.3 Å². The van der Waals surface area contributed by atoms with Gasteiger partial charge in [0.05, 0.1) is 0 Å². The molecule has 0 fully saturated rings.